The number of amidine groups is 1. The van der Waals surface area contributed by atoms with Crippen LogP contribution in [0.25, 0.3) is 0 Å². The highest BCUT2D eigenvalue weighted by molar-refractivity contribution is 5.97. The molecule has 4 N–H and O–H groups in total. The van der Waals surface area contributed by atoms with Gasteiger partial charge in [0, 0.05) is 11.3 Å². The van der Waals surface area contributed by atoms with Crippen LogP contribution in [0.1, 0.15) is 5.56 Å². The molecule has 0 spiro atoms. The van der Waals surface area contributed by atoms with Gasteiger partial charge in [0.05, 0.1) is 7.11 Å². The summed E-state index contributed by atoms with van der Waals surface area (Å²) in [6, 6.07) is 6.85. The van der Waals surface area contributed by atoms with Crippen molar-refractivity contribution in [2.45, 2.75) is 0 Å². The summed E-state index contributed by atoms with van der Waals surface area (Å²) in [5, 5.41) is 11.6. The number of nitrogens with zero attached hydrogens (tertiary/aromatic N) is 1. The first-order chi connectivity index (χ1) is 6.27. The predicted octanol–water partition coefficient (Wildman–Crippen LogP) is 0.556. The maximum atomic E-state index is 8.59. The molecule has 0 radical (unpaired) electrons. The molecule has 0 amide bonds. The fourth-order valence-electron chi connectivity index (χ4n) is 0.875. The summed E-state index contributed by atoms with van der Waals surface area (Å²) in [6.07, 6.45) is 0. The van der Waals surface area contributed by atoms with E-state index in [-0.39, 0.29) is 5.84 Å². The van der Waals surface area contributed by atoms with Gasteiger partial charge in [0.2, 0.25) is 0 Å². The molecule has 0 aliphatic carbocycles. The molecule has 0 unspecified atom stereocenters. The van der Waals surface area contributed by atoms with Crippen molar-refractivity contribution in [3.8, 4) is 0 Å². The molecule has 5 heteroatoms. The van der Waals surface area contributed by atoms with Gasteiger partial charge in [0.1, 0.15) is 0 Å². The van der Waals surface area contributed by atoms with Crippen LogP contribution in [-0.4, -0.2) is 18.2 Å². The molecule has 70 valence electrons. The van der Waals surface area contributed by atoms with Gasteiger partial charge in [-0.05, 0) is 24.3 Å². The number of nitrogen functional groups attached to an aromatic ring is 1. The Morgan fingerprint density at radius 2 is 2.08 bits per heavy atom. The Kier molecular flexibility index (Phi) is 3.10. The molecule has 0 aliphatic rings. The molecule has 0 aromatic heterocycles. The fraction of sp³-hybridized carbons (Fsp3) is 0.125. The summed E-state index contributed by atoms with van der Waals surface area (Å²) >= 11 is 0. The zero-order valence-electron chi connectivity index (χ0n) is 7.19. The monoisotopic (exact) mass is 181 g/mol. The fourth-order valence-corrected chi connectivity index (χ4v) is 0.875. The average Bonchev–Trinajstić information content (AvgIpc) is 2.16. The first kappa shape index (κ1) is 9.34. The summed E-state index contributed by atoms with van der Waals surface area (Å²) in [5.74, 6) is 0.238. The number of benzene rings is 1. The number of hydroxylamine groups is 1. The minimum atomic E-state index is 0.238. The van der Waals surface area contributed by atoms with Crippen molar-refractivity contribution in [3.05, 3.63) is 29.8 Å². The Labute approximate surface area is 75.8 Å². The highest BCUT2D eigenvalue weighted by Crippen LogP contribution is 2.05. The molecular weight excluding hydrogens is 170 g/mol. The topological polar surface area (TPSA) is 79.9 Å². The van der Waals surface area contributed by atoms with Crippen LogP contribution in [0, 0.1) is 0 Å². The summed E-state index contributed by atoms with van der Waals surface area (Å²) < 4.78 is 0. The van der Waals surface area contributed by atoms with Gasteiger partial charge in [-0.15, -0.1) is 0 Å². The first-order valence-electron chi connectivity index (χ1n) is 3.65. The second kappa shape index (κ2) is 4.32. The van der Waals surface area contributed by atoms with Crippen molar-refractivity contribution in [1.82, 2.24) is 5.48 Å². The Morgan fingerprint density at radius 3 is 2.54 bits per heavy atom. The second-order valence-electron chi connectivity index (χ2n) is 2.38. The first-order valence-corrected chi connectivity index (χ1v) is 3.65. The van der Waals surface area contributed by atoms with E-state index >= 15 is 0 Å². The summed E-state index contributed by atoms with van der Waals surface area (Å²) in [6.45, 7) is 0. The number of hydrogen-bond donors (Lipinski definition) is 3. The van der Waals surface area contributed by atoms with E-state index in [2.05, 4.69) is 15.5 Å². The highest BCUT2D eigenvalue weighted by Gasteiger charge is 2.01. The van der Waals surface area contributed by atoms with Crippen LogP contribution in [0.4, 0.5) is 5.69 Å². The molecule has 13 heavy (non-hydrogen) atoms. The summed E-state index contributed by atoms with van der Waals surface area (Å²) in [7, 11) is 1.43. The van der Waals surface area contributed by atoms with Gasteiger partial charge in [0.25, 0.3) is 0 Å². The zero-order valence-corrected chi connectivity index (χ0v) is 7.19. The molecule has 0 saturated heterocycles. The van der Waals surface area contributed by atoms with Crippen molar-refractivity contribution in [1.29, 1.82) is 0 Å². The van der Waals surface area contributed by atoms with Crippen molar-refractivity contribution >= 4 is 11.5 Å². The van der Waals surface area contributed by atoms with Crippen LogP contribution < -0.4 is 11.2 Å². The third-order valence-corrected chi connectivity index (χ3v) is 1.48. The highest BCUT2D eigenvalue weighted by atomic mass is 16.6. The molecule has 1 rings (SSSR count). The lowest BCUT2D eigenvalue weighted by Crippen LogP contribution is -2.23. The maximum Gasteiger partial charge on any atom is 0.196 e. The van der Waals surface area contributed by atoms with Crippen LogP contribution in [0.3, 0.4) is 0 Å². The molecule has 0 fully saturated rings. The van der Waals surface area contributed by atoms with E-state index in [4.69, 9.17) is 10.9 Å². The quantitative estimate of drug-likeness (QED) is 0.205. The minimum absolute atomic E-state index is 0.238. The average molecular weight is 181 g/mol. The smallest absolute Gasteiger partial charge is 0.196 e. The van der Waals surface area contributed by atoms with Gasteiger partial charge in [-0.25, -0.2) is 5.48 Å². The number of nitrogens with two attached hydrogens (primary N) is 1. The van der Waals surface area contributed by atoms with Gasteiger partial charge in [-0.2, -0.15) is 0 Å². The molecule has 0 heterocycles. The predicted molar refractivity (Wildman–Crippen MR) is 49.3 cm³/mol. The van der Waals surface area contributed by atoms with Crippen molar-refractivity contribution in [2.24, 2.45) is 5.16 Å². The standard InChI is InChI=1S/C8H11N3O2/c1-13-11-8(10-12)6-2-4-7(9)5-3-6/h2-5,12H,9H2,1H3,(H,10,11). The molecule has 1 aromatic rings. The van der Waals surface area contributed by atoms with E-state index in [1.54, 1.807) is 24.3 Å². The van der Waals surface area contributed by atoms with Crippen LogP contribution >= 0.6 is 0 Å². The Morgan fingerprint density at radius 1 is 1.46 bits per heavy atom. The Balaban J connectivity index is 2.87. The van der Waals surface area contributed by atoms with Gasteiger partial charge in [-0.3, -0.25) is 4.84 Å². The van der Waals surface area contributed by atoms with E-state index < -0.39 is 0 Å². The lowest BCUT2D eigenvalue weighted by Gasteiger charge is -2.04. The van der Waals surface area contributed by atoms with Crippen LogP contribution in [0.15, 0.2) is 29.4 Å². The van der Waals surface area contributed by atoms with E-state index in [1.165, 1.54) is 7.11 Å². The van der Waals surface area contributed by atoms with E-state index in [0.29, 0.717) is 11.3 Å². The molecule has 1 aromatic carbocycles. The third kappa shape index (κ3) is 2.34. The largest absolute Gasteiger partial charge is 0.409 e. The van der Waals surface area contributed by atoms with Crippen molar-refractivity contribution in [2.75, 3.05) is 12.8 Å². The molecule has 0 aliphatic heterocycles. The van der Waals surface area contributed by atoms with Crippen LogP contribution in [-0.2, 0) is 4.84 Å². The van der Waals surface area contributed by atoms with Gasteiger partial charge in [0.15, 0.2) is 5.84 Å². The Bertz CT molecular complexity index is 295. The van der Waals surface area contributed by atoms with E-state index in [0.717, 1.165) is 0 Å². The normalized spacial score (nSPS) is 11.3. The number of rotatable bonds is 2. The molecule has 5 nitrogen and oxygen atoms in total. The minimum Gasteiger partial charge on any atom is -0.409 e. The van der Waals surface area contributed by atoms with E-state index in [9.17, 15) is 0 Å². The molecular formula is C8H11N3O2. The number of anilines is 1. The lowest BCUT2D eigenvalue weighted by atomic mass is 10.2. The molecule has 0 atom stereocenters. The summed E-state index contributed by atoms with van der Waals surface area (Å²) in [4.78, 5) is 4.61. The van der Waals surface area contributed by atoms with E-state index in [1.807, 2.05) is 0 Å². The van der Waals surface area contributed by atoms with Crippen molar-refractivity contribution in [3.63, 3.8) is 0 Å². The zero-order chi connectivity index (χ0) is 9.68. The summed E-state index contributed by atoms with van der Waals surface area (Å²) in [5.41, 5.74) is 9.26. The number of nitrogens with one attached hydrogen (secondary N) is 1. The lowest BCUT2D eigenvalue weighted by molar-refractivity contribution is 0.140. The SMILES string of the molecule is CONC(=NO)c1ccc(N)cc1. The third-order valence-electron chi connectivity index (χ3n) is 1.48. The van der Waals surface area contributed by atoms with Crippen LogP contribution in [0.2, 0.25) is 0 Å². The van der Waals surface area contributed by atoms with Gasteiger partial charge >= 0.3 is 0 Å². The van der Waals surface area contributed by atoms with Gasteiger partial charge < -0.3 is 10.9 Å². The second-order valence-corrected chi connectivity index (χ2v) is 2.38. The van der Waals surface area contributed by atoms with Gasteiger partial charge in [-0.1, -0.05) is 5.16 Å². The molecule has 0 bridgehead atoms. The van der Waals surface area contributed by atoms with Crippen molar-refractivity contribution < 1.29 is 10.0 Å². The Hall–Kier alpha value is -1.75. The number of oxime groups is 1. The number of hydrogen-bond acceptors (Lipinski definition) is 4. The van der Waals surface area contributed by atoms with Crippen LogP contribution in [0.5, 0.6) is 0 Å². The maximum absolute atomic E-state index is 8.59. The molecule has 0 saturated carbocycles.